The van der Waals surface area contributed by atoms with Gasteiger partial charge in [-0.15, -0.1) is 0 Å². The number of nitrogens with zero attached hydrogens (tertiary/aromatic N) is 1. The molecule has 28 heavy (non-hydrogen) atoms. The first-order chi connectivity index (χ1) is 13.3. The molecule has 2 aromatic carbocycles. The van der Waals surface area contributed by atoms with Gasteiger partial charge in [0.1, 0.15) is 0 Å². The van der Waals surface area contributed by atoms with E-state index in [1.807, 2.05) is 6.92 Å². The lowest BCUT2D eigenvalue weighted by Crippen LogP contribution is -2.41. The molecule has 1 unspecified atom stereocenters. The molecular formula is C21H24N2O4S. The Morgan fingerprint density at radius 3 is 2.39 bits per heavy atom. The highest BCUT2D eigenvalue weighted by Crippen LogP contribution is 2.25. The number of carbonyl (C=O) groups excluding carboxylic acids is 2. The second kappa shape index (κ2) is 8.24. The summed E-state index contributed by atoms with van der Waals surface area (Å²) in [6.45, 7) is 3.91. The number of piperidine rings is 1. The van der Waals surface area contributed by atoms with Crippen molar-refractivity contribution >= 4 is 27.4 Å². The molecular weight excluding hydrogens is 376 g/mol. The zero-order valence-electron chi connectivity index (χ0n) is 16.0. The molecule has 0 radical (unpaired) electrons. The summed E-state index contributed by atoms with van der Waals surface area (Å²) in [5.74, 6) is -0.450. The molecule has 1 aliphatic heterocycles. The van der Waals surface area contributed by atoms with Crippen molar-refractivity contribution < 1.29 is 18.0 Å². The number of amides is 1. The third-order valence-corrected chi connectivity index (χ3v) is 7.02. The van der Waals surface area contributed by atoms with Gasteiger partial charge in [0.05, 0.1) is 4.90 Å². The van der Waals surface area contributed by atoms with Crippen molar-refractivity contribution in [1.29, 1.82) is 0 Å². The average Bonchev–Trinajstić information content (AvgIpc) is 2.68. The summed E-state index contributed by atoms with van der Waals surface area (Å²) in [6.07, 6.45) is 2.76. The molecule has 148 valence electrons. The van der Waals surface area contributed by atoms with E-state index in [-0.39, 0.29) is 22.6 Å². The Labute approximate surface area is 165 Å². The van der Waals surface area contributed by atoms with Gasteiger partial charge in [-0.2, -0.15) is 4.31 Å². The Bertz CT molecular complexity index is 984. The van der Waals surface area contributed by atoms with Gasteiger partial charge in [-0.3, -0.25) is 9.59 Å². The molecule has 0 spiro atoms. The minimum Gasteiger partial charge on any atom is -0.322 e. The van der Waals surface area contributed by atoms with Crippen molar-refractivity contribution in [1.82, 2.24) is 4.31 Å². The number of ketones is 1. The van der Waals surface area contributed by atoms with E-state index in [1.54, 1.807) is 28.6 Å². The number of Topliss-reactive ketones (excluding diaryl/α,β-unsaturated/α-hetero) is 1. The first-order valence-corrected chi connectivity index (χ1v) is 10.8. The van der Waals surface area contributed by atoms with Crippen molar-refractivity contribution in [2.45, 2.75) is 44.0 Å². The van der Waals surface area contributed by atoms with Crippen LogP contribution < -0.4 is 5.32 Å². The highest BCUT2D eigenvalue weighted by Gasteiger charge is 2.30. The minimum atomic E-state index is -3.56. The SMILES string of the molecule is CC(=O)c1cccc(NC(=O)c2ccc(S(=O)(=O)N3CCCCC3C)cc2)c1. The van der Waals surface area contributed by atoms with Crippen LogP contribution in [0.1, 0.15) is 53.8 Å². The molecule has 1 aliphatic rings. The van der Waals surface area contributed by atoms with Crippen LogP contribution in [0, 0.1) is 0 Å². The summed E-state index contributed by atoms with van der Waals surface area (Å²) in [4.78, 5) is 24.1. The lowest BCUT2D eigenvalue weighted by molar-refractivity contribution is 0.101. The quantitative estimate of drug-likeness (QED) is 0.776. The number of sulfonamides is 1. The highest BCUT2D eigenvalue weighted by atomic mass is 32.2. The molecule has 1 saturated heterocycles. The summed E-state index contributed by atoms with van der Waals surface area (Å²) in [6, 6.07) is 12.6. The van der Waals surface area contributed by atoms with Crippen molar-refractivity contribution in [2.24, 2.45) is 0 Å². The fourth-order valence-electron chi connectivity index (χ4n) is 3.36. The largest absolute Gasteiger partial charge is 0.322 e. The normalized spacial score (nSPS) is 17.9. The Morgan fingerprint density at radius 2 is 1.75 bits per heavy atom. The first-order valence-electron chi connectivity index (χ1n) is 9.33. The molecule has 0 aliphatic carbocycles. The van der Waals surface area contributed by atoms with E-state index >= 15 is 0 Å². The second-order valence-corrected chi connectivity index (χ2v) is 8.97. The van der Waals surface area contributed by atoms with Gasteiger partial charge in [0, 0.05) is 29.4 Å². The molecule has 1 heterocycles. The van der Waals surface area contributed by atoms with Gasteiger partial charge >= 0.3 is 0 Å². The fraction of sp³-hybridized carbons (Fsp3) is 0.333. The van der Waals surface area contributed by atoms with E-state index in [2.05, 4.69) is 5.32 Å². The number of hydrogen-bond acceptors (Lipinski definition) is 4. The van der Waals surface area contributed by atoms with E-state index in [9.17, 15) is 18.0 Å². The molecule has 1 N–H and O–H groups in total. The predicted octanol–water partition coefficient (Wildman–Crippen LogP) is 3.70. The van der Waals surface area contributed by atoms with Gasteiger partial charge in [0.15, 0.2) is 5.78 Å². The standard InChI is InChI=1S/C21H24N2O4S/c1-15-6-3-4-13-23(15)28(26,27)20-11-9-17(10-12-20)21(25)22-19-8-5-7-18(14-19)16(2)24/h5,7-12,14-15H,3-4,6,13H2,1-2H3,(H,22,25). The van der Waals surface area contributed by atoms with Gasteiger partial charge in [-0.05, 0) is 63.1 Å². The molecule has 0 bridgehead atoms. The third-order valence-electron chi connectivity index (χ3n) is 4.99. The molecule has 6 nitrogen and oxygen atoms in total. The van der Waals surface area contributed by atoms with Crippen molar-refractivity contribution in [3.63, 3.8) is 0 Å². The van der Waals surface area contributed by atoms with Crippen molar-refractivity contribution in [2.75, 3.05) is 11.9 Å². The van der Waals surface area contributed by atoms with Crippen LogP contribution in [0.2, 0.25) is 0 Å². The predicted molar refractivity (Wildman–Crippen MR) is 108 cm³/mol. The van der Waals surface area contributed by atoms with Gasteiger partial charge in [0.2, 0.25) is 10.0 Å². The van der Waals surface area contributed by atoms with Crippen LogP contribution in [0.15, 0.2) is 53.4 Å². The molecule has 3 rings (SSSR count). The molecule has 0 aromatic heterocycles. The van der Waals surface area contributed by atoms with E-state index in [0.29, 0.717) is 23.4 Å². The van der Waals surface area contributed by atoms with Crippen molar-refractivity contribution in [3.8, 4) is 0 Å². The molecule has 7 heteroatoms. The maximum absolute atomic E-state index is 12.9. The molecule has 1 fully saturated rings. The lowest BCUT2D eigenvalue weighted by Gasteiger charge is -2.32. The fourth-order valence-corrected chi connectivity index (χ4v) is 5.06. The number of benzene rings is 2. The monoisotopic (exact) mass is 400 g/mol. The van der Waals surface area contributed by atoms with E-state index in [1.165, 1.54) is 31.2 Å². The summed E-state index contributed by atoms with van der Waals surface area (Å²) >= 11 is 0. The van der Waals surface area contributed by atoms with Crippen LogP contribution >= 0.6 is 0 Å². The van der Waals surface area contributed by atoms with Gasteiger partial charge in [0.25, 0.3) is 5.91 Å². The van der Waals surface area contributed by atoms with Crippen LogP contribution in [0.25, 0.3) is 0 Å². The Kier molecular flexibility index (Phi) is 5.96. The molecule has 0 saturated carbocycles. The van der Waals surface area contributed by atoms with Gasteiger partial charge in [-0.25, -0.2) is 8.42 Å². The molecule has 2 aromatic rings. The Morgan fingerprint density at radius 1 is 1.04 bits per heavy atom. The van der Waals surface area contributed by atoms with Crippen LogP contribution in [0.4, 0.5) is 5.69 Å². The van der Waals surface area contributed by atoms with Crippen LogP contribution in [-0.2, 0) is 10.0 Å². The third kappa shape index (κ3) is 4.31. The minimum absolute atomic E-state index is 0.0183. The summed E-state index contributed by atoms with van der Waals surface area (Å²) in [5.41, 5.74) is 1.37. The Balaban J connectivity index is 1.76. The van der Waals surface area contributed by atoms with Crippen LogP contribution in [0.3, 0.4) is 0 Å². The lowest BCUT2D eigenvalue weighted by atomic mass is 10.1. The molecule has 1 atom stereocenters. The number of rotatable bonds is 5. The number of hydrogen-bond donors (Lipinski definition) is 1. The maximum atomic E-state index is 12.9. The van der Waals surface area contributed by atoms with E-state index in [4.69, 9.17) is 0 Å². The highest BCUT2D eigenvalue weighted by molar-refractivity contribution is 7.89. The molecule has 1 amide bonds. The number of nitrogens with one attached hydrogen (secondary N) is 1. The van der Waals surface area contributed by atoms with Gasteiger partial charge < -0.3 is 5.32 Å². The van der Waals surface area contributed by atoms with Gasteiger partial charge in [-0.1, -0.05) is 18.6 Å². The van der Waals surface area contributed by atoms with E-state index in [0.717, 1.165) is 19.3 Å². The second-order valence-electron chi connectivity index (χ2n) is 7.08. The van der Waals surface area contributed by atoms with Crippen LogP contribution in [-0.4, -0.2) is 37.0 Å². The summed E-state index contributed by atoms with van der Waals surface area (Å²) in [7, 11) is -3.56. The Hall–Kier alpha value is -2.51. The zero-order valence-corrected chi connectivity index (χ0v) is 16.8. The number of anilines is 1. The van der Waals surface area contributed by atoms with Crippen LogP contribution in [0.5, 0.6) is 0 Å². The maximum Gasteiger partial charge on any atom is 0.255 e. The summed E-state index contributed by atoms with van der Waals surface area (Å²) in [5, 5.41) is 2.73. The zero-order chi connectivity index (χ0) is 20.3. The number of carbonyl (C=O) groups is 2. The first kappa shape index (κ1) is 20.2. The smallest absolute Gasteiger partial charge is 0.255 e. The van der Waals surface area contributed by atoms with E-state index < -0.39 is 10.0 Å². The summed E-state index contributed by atoms with van der Waals surface area (Å²) < 4.78 is 27.3. The van der Waals surface area contributed by atoms with Crippen molar-refractivity contribution in [3.05, 3.63) is 59.7 Å². The average molecular weight is 401 g/mol. The topological polar surface area (TPSA) is 83.5 Å².